The summed E-state index contributed by atoms with van der Waals surface area (Å²) >= 11 is 0. The Balaban J connectivity index is 2.47. The van der Waals surface area contributed by atoms with Crippen LogP contribution in [0.2, 0.25) is 0 Å². The Morgan fingerprint density at radius 2 is 1.86 bits per heavy atom. The molecule has 0 radical (unpaired) electrons. The summed E-state index contributed by atoms with van der Waals surface area (Å²) in [6.07, 6.45) is 1.01. The number of sulfone groups is 1. The Bertz CT molecular complexity index is 800. The second-order valence-electron chi connectivity index (χ2n) is 4.70. The van der Waals surface area contributed by atoms with E-state index in [0.717, 1.165) is 17.9 Å². The fraction of sp³-hybridized carbons (Fsp3) is 0.143. The molecule has 0 aromatic heterocycles. The maximum atomic E-state index is 11.5. The highest BCUT2D eigenvalue weighted by Gasteiger charge is 2.18. The summed E-state index contributed by atoms with van der Waals surface area (Å²) < 4.78 is 23.0. The van der Waals surface area contributed by atoms with Crippen molar-refractivity contribution in [2.45, 2.75) is 11.8 Å². The van der Waals surface area contributed by atoms with Crippen molar-refractivity contribution in [1.29, 1.82) is 0 Å². The van der Waals surface area contributed by atoms with E-state index in [1.54, 1.807) is 6.07 Å². The van der Waals surface area contributed by atoms with E-state index in [0.29, 0.717) is 5.69 Å². The van der Waals surface area contributed by atoms with Crippen molar-refractivity contribution >= 4 is 26.9 Å². The minimum atomic E-state index is -3.49. The molecule has 0 atom stereocenters. The number of hydrogen-bond donors (Lipinski definition) is 1. The lowest BCUT2D eigenvalue weighted by atomic mass is 10.2. The fourth-order valence-electron chi connectivity index (χ4n) is 1.88. The highest BCUT2D eigenvalue weighted by molar-refractivity contribution is 7.90. The van der Waals surface area contributed by atoms with Crippen molar-refractivity contribution in [1.82, 2.24) is 0 Å². The zero-order valence-corrected chi connectivity index (χ0v) is 12.3. The van der Waals surface area contributed by atoms with Crippen molar-refractivity contribution < 1.29 is 13.3 Å². The van der Waals surface area contributed by atoms with Gasteiger partial charge in [0.15, 0.2) is 9.84 Å². The summed E-state index contributed by atoms with van der Waals surface area (Å²) in [6, 6.07) is 11.2. The predicted molar refractivity (Wildman–Crippen MR) is 80.7 cm³/mol. The quantitative estimate of drug-likeness (QED) is 0.692. The molecule has 0 saturated carbocycles. The molecule has 2 aromatic carbocycles. The molecular formula is C14H14N2O4S. The number of nitrogens with zero attached hydrogens (tertiary/aromatic N) is 1. The molecule has 0 aliphatic carbocycles. The first-order valence-corrected chi connectivity index (χ1v) is 7.99. The zero-order chi connectivity index (χ0) is 15.6. The summed E-state index contributed by atoms with van der Waals surface area (Å²) in [5, 5.41) is 14.1. The van der Waals surface area contributed by atoms with Crippen LogP contribution in [0.15, 0.2) is 47.4 Å². The Hall–Kier alpha value is -2.41. The minimum absolute atomic E-state index is 0.0796. The Morgan fingerprint density at radius 3 is 2.43 bits per heavy atom. The number of hydrogen-bond acceptors (Lipinski definition) is 5. The average Bonchev–Trinajstić information content (AvgIpc) is 2.37. The molecule has 2 rings (SSSR count). The molecule has 0 saturated heterocycles. The van der Waals surface area contributed by atoms with Gasteiger partial charge in [-0.15, -0.1) is 0 Å². The van der Waals surface area contributed by atoms with Gasteiger partial charge in [0.1, 0.15) is 5.69 Å². The molecule has 0 aliphatic heterocycles. The van der Waals surface area contributed by atoms with E-state index < -0.39 is 14.8 Å². The Kier molecular flexibility index (Phi) is 3.95. The van der Waals surface area contributed by atoms with Gasteiger partial charge in [0, 0.05) is 18.0 Å². The predicted octanol–water partition coefficient (Wildman–Crippen LogP) is 3.05. The molecule has 0 amide bonds. The van der Waals surface area contributed by atoms with E-state index >= 15 is 0 Å². The largest absolute Gasteiger partial charge is 0.350 e. The number of anilines is 2. The van der Waals surface area contributed by atoms with Gasteiger partial charge in [-0.2, -0.15) is 0 Å². The average molecular weight is 306 g/mol. The monoisotopic (exact) mass is 306 g/mol. The van der Waals surface area contributed by atoms with Crippen LogP contribution >= 0.6 is 0 Å². The number of aryl methyl sites for hydroxylation is 1. The molecule has 0 fully saturated rings. The first-order valence-electron chi connectivity index (χ1n) is 6.09. The number of nitrogens with one attached hydrogen (secondary N) is 1. The van der Waals surface area contributed by atoms with E-state index in [1.165, 1.54) is 12.1 Å². The van der Waals surface area contributed by atoms with E-state index in [2.05, 4.69) is 5.32 Å². The summed E-state index contributed by atoms with van der Waals surface area (Å²) in [4.78, 5) is 10.4. The standard InChI is InChI=1S/C14H14N2O4S/c1-10-4-3-5-11(8-10)15-13-7-6-12(21(2,19)20)9-14(13)16(17)18/h3-9,15H,1-2H3. The van der Waals surface area contributed by atoms with Crippen molar-refractivity contribution in [2.24, 2.45) is 0 Å². The third kappa shape index (κ3) is 3.57. The minimum Gasteiger partial charge on any atom is -0.350 e. The molecule has 2 aromatic rings. The smallest absolute Gasteiger partial charge is 0.293 e. The first-order chi connectivity index (χ1) is 9.77. The maximum Gasteiger partial charge on any atom is 0.293 e. The van der Waals surface area contributed by atoms with Gasteiger partial charge in [0.25, 0.3) is 5.69 Å². The lowest BCUT2D eigenvalue weighted by Crippen LogP contribution is -2.02. The van der Waals surface area contributed by atoms with Crippen molar-refractivity contribution in [3.8, 4) is 0 Å². The molecule has 110 valence electrons. The molecule has 6 nitrogen and oxygen atoms in total. The van der Waals surface area contributed by atoms with E-state index in [4.69, 9.17) is 0 Å². The summed E-state index contributed by atoms with van der Waals surface area (Å²) in [7, 11) is -3.49. The van der Waals surface area contributed by atoms with Crippen LogP contribution in [0.5, 0.6) is 0 Å². The van der Waals surface area contributed by atoms with Crippen LogP contribution in [0.1, 0.15) is 5.56 Å². The Labute approximate surface area is 122 Å². The van der Waals surface area contributed by atoms with Gasteiger partial charge >= 0.3 is 0 Å². The van der Waals surface area contributed by atoms with Crippen LogP contribution in [0, 0.1) is 17.0 Å². The van der Waals surface area contributed by atoms with Gasteiger partial charge in [-0.3, -0.25) is 10.1 Å². The molecule has 0 heterocycles. The van der Waals surface area contributed by atoms with Crippen molar-refractivity contribution in [2.75, 3.05) is 11.6 Å². The lowest BCUT2D eigenvalue weighted by molar-refractivity contribution is -0.384. The van der Waals surface area contributed by atoms with Gasteiger partial charge in [-0.1, -0.05) is 12.1 Å². The van der Waals surface area contributed by atoms with Crippen LogP contribution in [0.4, 0.5) is 17.1 Å². The SMILES string of the molecule is Cc1cccc(Nc2ccc(S(C)(=O)=O)cc2[N+](=O)[O-])c1. The first kappa shape index (κ1) is 15.0. The van der Waals surface area contributed by atoms with Crippen LogP contribution in [0.3, 0.4) is 0 Å². The number of rotatable bonds is 4. The molecule has 0 unspecified atom stereocenters. The Morgan fingerprint density at radius 1 is 1.14 bits per heavy atom. The zero-order valence-electron chi connectivity index (χ0n) is 11.5. The van der Waals surface area contributed by atoms with Gasteiger partial charge in [0.2, 0.25) is 0 Å². The second kappa shape index (κ2) is 5.53. The lowest BCUT2D eigenvalue weighted by Gasteiger charge is -2.09. The summed E-state index contributed by atoms with van der Waals surface area (Å²) in [5.74, 6) is 0. The van der Waals surface area contributed by atoms with Gasteiger partial charge in [-0.05, 0) is 36.8 Å². The van der Waals surface area contributed by atoms with Gasteiger partial charge in [-0.25, -0.2) is 8.42 Å². The molecule has 0 aliphatic rings. The van der Waals surface area contributed by atoms with Crippen LogP contribution in [-0.4, -0.2) is 19.6 Å². The summed E-state index contributed by atoms with van der Waals surface area (Å²) in [6.45, 7) is 1.91. The highest BCUT2D eigenvalue weighted by atomic mass is 32.2. The van der Waals surface area contributed by atoms with Crippen LogP contribution in [0.25, 0.3) is 0 Å². The normalized spacial score (nSPS) is 11.1. The molecule has 0 spiro atoms. The van der Waals surface area contributed by atoms with E-state index in [-0.39, 0.29) is 16.3 Å². The van der Waals surface area contributed by atoms with Crippen LogP contribution < -0.4 is 5.32 Å². The number of nitro benzene ring substituents is 1. The van der Waals surface area contributed by atoms with E-state index in [9.17, 15) is 18.5 Å². The molecule has 7 heteroatoms. The maximum absolute atomic E-state index is 11.5. The third-order valence-electron chi connectivity index (χ3n) is 2.89. The number of benzene rings is 2. The summed E-state index contributed by atoms with van der Waals surface area (Å²) in [5.41, 5.74) is 1.68. The molecule has 1 N–H and O–H groups in total. The van der Waals surface area contributed by atoms with Crippen molar-refractivity contribution in [3.63, 3.8) is 0 Å². The third-order valence-corrected chi connectivity index (χ3v) is 4.00. The molecule has 0 bridgehead atoms. The van der Waals surface area contributed by atoms with Gasteiger partial charge in [0.05, 0.1) is 9.82 Å². The molecular weight excluding hydrogens is 292 g/mol. The van der Waals surface area contributed by atoms with Crippen molar-refractivity contribution in [3.05, 3.63) is 58.1 Å². The molecule has 21 heavy (non-hydrogen) atoms. The fourth-order valence-corrected chi connectivity index (χ4v) is 2.52. The highest BCUT2D eigenvalue weighted by Crippen LogP contribution is 2.30. The van der Waals surface area contributed by atoms with Gasteiger partial charge < -0.3 is 5.32 Å². The van der Waals surface area contributed by atoms with Crippen LogP contribution in [-0.2, 0) is 9.84 Å². The topological polar surface area (TPSA) is 89.3 Å². The van der Waals surface area contributed by atoms with E-state index in [1.807, 2.05) is 25.1 Å². The number of nitro groups is 1. The second-order valence-corrected chi connectivity index (χ2v) is 6.72.